The summed E-state index contributed by atoms with van der Waals surface area (Å²) in [7, 11) is 0. The largest absolute Gasteiger partial charge is 0.475 e. The minimum Gasteiger partial charge on any atom is -0.475 e. The molecule has 0 atom stereocenters. The molecule has 2 aromatic carbocycles. The van der Waals surface area contributed by atoms with Gasteiger partial charge in [0, 0.05) is 11.6 Å². The number of halogens is 2. The Morgan fingerprint density at radius 1 is 1.03 bits per heavy atom. The quantitative estimate of drug-likeness (QED) is 0.476. The number of aromatic nitrogens is 4. The first-order valence-corrected chi connectivity index (χ1v) is 9.01. The Kier molecular flexibility index (Phi) is 5.46. The van der Waals surface area contributed by atoms with Gasteiger partial charge in [0.2, 0.25) is 5.88 Å². The fraction of sp³-hybridized carbons (Fsp3) is 0.100. The Balaban J connectivity index is 1.36. The zero-order valence-electron chi connectivity index (χ0n) is 15.5. The molecule has 4 rings (SSSR count). The van der Waals surface area contributed by atoms with Crippen LogP contribution in [0.25, 0.3) is 17.0 Å². The molecule has 0 aliphatic heterocycles. The van der Waals surface area contributed by atoms with E-state index in [0.717, 1.165) is 0 Å². The van der Waals surface area contributed by atoms with Gasteiger partial charge < -0.3 is 15.4 Å². The Morgan fingerprint density at radius 2 is 1.90 bits per heavy atom. The summed E-state index contributed by atoms with van der Waals surface area (Å²) >= 11 is 0. The van der Waals surface area contributed by atoms with Crippen molar-refractivity contribution >= 4 is 17.4 Å². The first-order valence-electron chi connectivity index (χ1n) is 9.01. The molecule has 2 aromatic heterocycles. The number of carbonyl (C=O) groups is 1. The second-order valence-corrected chi connectivity index (χ2v) is 6.18. The van der Waals surface area contributed by atoms with E-state index >= 15 is 0 Å². The van der Waals surface area contributed by atoms with Crippen molar-refractivity contribution in [1.29, 1.82) is 0 Å². The van der Waals surface area contributed by atoms with Gasteiger partial charge in [-0.1, -0.05) is 24.3 Å². The number of carbonyl (C=O) groups excluding carboxylic acids is 1. The van der Waals surface area contributed by atoms with Crippen LogP contribution in [0.2, 0.25) is 0 Å². The lowest BCUT2D eigenvalue weighted by molar-refractivity contribution is 0.246. The second-order valence-electron chi connectivity index (χ2n) is 6.18. The molecule has 152 valence electrons. The number of anilines is 1. The van der Waals surface area contributed by atoms with Gasteiger partial charge in [0.1, 0.15) is 18.2 Å². The van der Waals surface area contributed by atoms with E-state index in [1.54, 1.807) is 30.3 Å². The molecule has 0 fully saturated rings. The van der Waals surface area contributed by atoms with Crippen LogP contribution in [0.5, 0.6) is 5.88 Å². The van der Waals surface area contributed by atoms with Crippen LogP contribution in [0.4, 0.5) is 19.3 Å². The maximum Gasteiger partial charge on any atom is 0.319 e. The van der Waals surface area contributed by atoms with Crippen LogP contribution in [0.1, 0.15) is 0 Å². The molecule has 4 aromatic rings. The fourth-order valence-electron chi connectivity index (χ4n) is 2.71. The van der Waals surface area contributed by atoms with Gasteiger partial charge in [0.05, 0.1) is 12.2 Å². The summed E-state index contributed by atoms with van der Waals surface area (Å²) < 4.78 is 34.0. The number of benzene rings is 2. The van der Waals surface area contributed by atoms with Crippen molar-refractivity contribution in [3.05, 3.63) is 72.3 Å². The monoisotopic (exact) mass is 410 g/mol. The highest BCUT2D eigenvalue weighted by Gasteiger charge is 2.11. The fourth-order valence-corrected chi connectivity index (χ4v) is 2.71. The topological polar surface area (TPSA) is 93.4 Å². The number of rotatable bonds is 6. The Bertz CT molecular complexity index is 1200. The minimum absolute atomic E-state index is 0.0838. The summed E-state index contributed by atoms with van der Waals surface area (Å²) in [5.74, 6) is -0.269. The molecular weight excluding hydrogens is 394 g/mol. The van der Waals surface area contributed by atoms with Crippen molar-refractivity contribution in [2.45, 2.75) is 0 Å². The summed E-state index contributed by atoms with van der Waals surface area (Å²) in [6.07, 6.45) is 0. The number of urea groups is 1. The molecule has 0 aliphatic rings. The molecular formula is C20H16F2N6O2. The zero-order valence-corrected chi connectivity index (χ0v) is 15.5. The summed E-state index contributed by atoms with van der Waals surface area (Å²) in [4.78, 5) is 11.8. The maximum absolute atomic E-state index is 13.5. The number of amides is 2. The van der Waals surface area contributed by atoms with E-state index in [9.17, 15) is 13.6 Å². The lowest BCUT2D eigenvalue weighted by atomic mass is 10.2. The van der Waals surface area contributed by atoms with E-state index in [-0.39, 0.29) is 24.7 Å². The van der Waals surface area contributed by atoms with Crippen molar-refractivity contribution in [2.75, 3.05) is 18.5 Å². The molecule has 0 saturated carbocycles. The van der Waals surface area contributed by atoms with Crippen molar-refractivity contribution in [3.63, 3.8) is 0 Å². The molecule has 2 N–H and O–H groups in total. The molecule has 0 radical (unpaired) electrons. The van der Waals surface area contributed by atoms with E-state index in [1.165, 1.54) is 34.8 Å². The highest BCUT2D eigenvalue weighted by atomic mass is 19.1. The van der Waals surface area contributed by atoms with Crippen LogP contribution in [-0.2, 0) is 0 Å². The number of ether oxygens (including phenoxy) is 1. The van der Waals surface area contributed by atoms with Gasteiger partial charge in [-0.05, 0) is 30.3 Å². The first kappa shape index (κ1) is 19.2. The van der Waals surface area contributed by atoms with Crippen molar-refractivity contribution in [3.8, 4) is 17.3 Å². The number of hydrogen-bond acceptors (Lipinski definition) is 5. The molecule has 2 heterocycles. The lowest BCUT2D eigenvalue weighted by Gasteiger charge is -2.09. The first-order chi connectivity index (χ1) is 14.6. The van der Waals surface area contributed by atoms with Crippen molar-refractivity contribution in [2.24, 2.45) is 0 Å². The number of nitrogens with zero attached hydrogens (tertiary/aromatic N) is 4. The average Bonchev–Trinajstić information content (AvgIpc) is 3.16. The van der Waals surface area contributed by atoms with Gasteiger partial charge in [0.25, 0.3) is 0 Å². The lowest BCUT2D eigenvalue weighted by Crippen LogP contribution is -2.32. The molecule has 0 spiro atoms. The van der Waals surface area contributed by atoms with E-state index in [4.69, 9.17) is 4.74 Å². The SMILES string of the molecule is O=C(NCCOc1ccc2nnc(-c3cccc(F)c3)n2n1)Nc1ccccc1F. The maximum atomic E-state index is 13.5. The summed E-state index contributed by atoms with van der Waals surface area (Å²) in [5.41, 5.74) is 1.09. The van der Waals surface area contributed by atoms with Gasteiger partial charge in [-0.3, -0.25) is 0 Å². The summed E-state index contributed by atoms with van der Waals surface area (Å²) in [5, 5.41) is 17.3. The van der Waals surface area contributed by atoms with E-state index in [1.807, 2.05) is 0 Å². The molecule has 0 bridgehead atoms. The van der Waals surface area contributed by atoms with E-state index < -0.39 is 17.7 Å². The Labute approximate surface area is 169 Å². The Hall–Kier alpha value is -4.08. The predicted molar refractivity (Wildman–Crippen MR) is 105 cm³/mol. The number of fused-ring (bicyclic) bond motifs is 1. The van der Waals surface area contributed by atoms with Crippen LogP contribution in [-0.4, -0.2) is 39.0 Å². The van der Waals surface area contributed by atoms with Crippen LogP contribution in [0.3, 0.4) is 0 Å². The molecule has 30 heavy (non-hydrogen) atoms. The zero-order chi connectivity index (χ0) is 20.9. The van der Waals surface area contributed by atoms with Gasteiger partial charge >= 0.3 is 6.03 Å². The summed E-state index contributed by atoms with van der Waals surface area (Å²) in [6, 6.07) is 14.5. The smallest absolute Gasteiger partial charge is 0.319 e. The number of hydrogen-bond donors (Lipinski definition) is 2. The Morgan fingerprint density at radius 3 is 2.73 bits per heavy atom. The standard InChI is InChI=1S/C20H16F2N6O2/c21-14-5-3-4-13(12-14)19-26-25-17-8-9-18(27-28(17)19)30-11-10-23-20(29)24-16-7-2-1-6-15(16)22/h1-9,12H,10-11H2,(H2,23,24,29). The summed E-state index contributed by atoms with van der Waals surface area (Å²) in [6.45, 7) is 0.291. The highest BCUT2D eigenvalue weighted by Crippen LogP contribution is 2.19. The second kappa shape index (κ2) is 8.52. The van der Waals surface area contributed by atoms with E-state index in [2.05, 4.69) is 25.9 Å². The normalized spacial score (nSPS) is 10.7. The average molecular weight is 410 g/mol. The predicted octanol–water partition coefficient (Wildman–Crippen LogP) is 3.27. The van der Waals surface area contributed by atoms with Crippen LogP contribution < -0.4 is 15.4 Å². The van der Waals surface area contributed by atoms with Gasteiger partial charge in [0.15, 0.2) is 11.5 Å². The van der Waals surface area contributed by atoms with Crippen LogP contribution >= 0.6 is 0 Å². The van der Waals surface area contributed by atoms with Crippen LogP contribution in [0, 0.1) is 11.6 Å². The molecule has 2 amide bonds. The highest BCUT2D eigenvalue weighted by molar-refractivity contribution is 5.89. The molecule has 10 heteroatoms. The van der Waals surface area contributed by atoms with Crippen molar-refractivity contribution < 1.29 is 18.3 Å². The molecule has 0 aliphatic carbocycles. The third-order valence-corrected chi connectivity index (χ3v) is 4.08. The van der Waals surface area contributed by atoms with Gasteiger partial charge in [-0.25, -0.2) is 13.6 Å². The molecule has 0 saturated heterocycles. The third kappa shape index (κ3) is 4.32. The third-order valence-electron chi connectivity index (χ3n) is 4.08. The van der Waals surface area contributed by atoms with Gasteiger partial charge in [-0.2, -0.15) is 4.52 Å². The molecule has 0 unspecified atom stereocenters. The van der Waals surface area contributed by atoms with Gasteiger partial charge in [-0.15, -0.1) is 15.3 Å². The minimum atomic E-state index is -0.556. The van der Waals surface area contributed by atoms with Crippen LogP contribution in [0.15, 0.2) is 60.7 Å². The number of nitrogens with one attached hydrogen (secondary N) is 2. The molecule has 8 nitrogen and oxygen atoms in total. The van der Waals surface area contributed by atoms with Crippen molar-refractivity contribution in [1.82, 2.24) is 25.1 Å². The van der Waals surface area contributed by atoms with E-state index in [0.29, 0.717) is 17.0 Å². The number of para-hydroxylation sites is 1.